The molecule has 0 aromatic carbocycles. The normalized spacial score (nSPS) is 14.0. The Morgan fingerprint density at radius 3 is 0.714 bits per heavy atom. The fourth-order valence-electron chi connectivity index (χ4n) is 1.67. The van der Waals surface area contributed by atoms with Crippen LogP contribution in [0.4, 0.5) is 0 Å². The van der Waals surface area contributed by atoms with E-state index in [4.69, 9.17) is 0 Å². The van der Waals surface area contributed by atoms with Crippen LogP contribution in [0.15, 0.2) is 0 Å². The minimum atomic E-state index is -0.347. The second-order valence-corrected chi connectivity index (χ2v) is 13.2. The van der Waals surface area contributed by atoms with Gasteiger partial charge in [0.25, 0.3) is 0 Å². The number of amides is 2. The molecular formula is C24H50N2O2. The molecule has 2 amide bonds. The summed E-state index contributed by atoms with van der Waals surface area (Å²) in [6.45, 7) is 32.6. The molecule has 0 fully saturated rings. The Balaban J connectivity index is 0. The molecule has 4 heteroatoms. The Labute approximate surface area is 176 Å². The van der Waals surface area contributed by atoms with E-state index in [0.29, 0.717) is 0 Å². The summed E-state index contributed by atoms with van der Waals surface area (Å²) in [5, 5.41) is 6.05. The van der Waals surface area contributed by atoms with Crippen LogP contribution in [0.2, 0.25) is 0 Å². The Kier molecular flexibility index (Phi) is 9.11. The molecule has 0 spiro atoms. The summed E-state index contributed by atoms with van der Waals surface area (Å²) in [6.07, 6.45) is 0. The number of carbonyl (C=O) groups is 2. The Morgan fingerprint density at radius 2 is 0.607 bits per heavy atom. The predicted molar refractivity (Wildman–Crippen MR) is 122 cm³/mol. The van der Waals surface area contributed by atoms with E-state index in [-0.39, 0.29) is 44.6 Å². The first-order valence-electron chi connectivity index (χ1n) is 10.4. The van der Waals surface area contributed by atoms with E-state index in [1.54, 1.807) is 0 Å². The molecule has 2 N–H and O–H groups in total. The molecule has 4 nitrogen and oxygen atoms in total. The summed E-state index contributed by atoms with van der Waals surface area (Å²) in [6, 6.07) is 0. The SMILES string of the molecule is CC(C)(C)NC(=O)C(C)(C)C(C)(C)C.CC(C)(C)NC(=O)C(C)(C)C(C)(C)C. The van der Waals surface area contributed by atoms with Crippen LogP contribution in [0.5, 0.6) is 0 Å². The van der Waals surface area contributed by atoms with E-state index < -0.39 is 0 Å². The summed E-state index contributed by atoms with van der Waals surface area (Å²) < 4.78 is 0. The van der Waals surface area contributed by atoms with Crippen molar-refractivity contribution in [3.05, 3.63) is 0 Å². The van der Waals surface area contributed by atoms with Gasteiger partial charge in [-0.25, -0.2) is 0 Å². The van der Waals surface area contributed by atoms with Gasteiger partial charge in [0.05, 0.1) is 0 Å². The van der Waals surface area contributed by atoms with Crippen LogP contribution >= 0.6 is 0 Å². The fraction of sp³-hybridized carbons (Fsp3) is 0.917. The molecule has 0 saturated heterocycles. The third-order valence-corrected chi connectivity index (χ3v) is 5.86. The van der Waals surface area contributed by atoms with E-state index in [1.807, 2.05) is 69.2 Å². The van der Waals surface area contributed by atoms with Crippen molar-refractivity contribution < 1.29 is 9.59 Å². The molecule has 0 heterocycles. The van der Waals surface area contributed by atoms with Crippen LogP contribution in [0.3, 0.4) is 0 Å². The average Bonchev–Trinajstić information content (AvgIpc) is 2.32. The highest BCUT2D eigenvalue weighted by Crippen LogP contribution is 2.39. The van der Waals surface area contributed by atoms with Crippen molar-refractivity contribution >= 4 is 11.8 Å². The third kappa shape index (κ3) is 9.43. The standard InChI is InChI=1S/2C12H25NO/c2*1-10(2,3)12(7,8)9(14)13-11(4,5)6/h2*1-8H3,(H,13,14). The monoisotopic (exact) mass is 398 g/mol. The molecule has 0 aliphatic rings. The van der Waals surface area contributed by atoms with Gasteiger partial charge in [-0.3, -0.25) is 9.59 Å². The molecule has 28 heavy (non-hydrogen) atoms. The van der Waals surface area contributed by atoms with Crippen LogP contribution in [0.1, 0.15) is 111 Å². The molecule has 0 aliphatic carbocycles. The van der Waals surface area contributed by atoms with Crippen molar-refractivity contribution in [2.75, 3.05) is 0 Å². The molecule has 0 bridgehead atoms. The van der Waals surface area contributed by atoms with Gasteiger partial charge < -0.3 is 10.6 Å². The van der Waals surface area contributed by atoms with E-state index >= 15 is 0 Å². The van der Waals surface area contributed by atoms with Crippen molar-refractivity contribution in [2.45, 2.75) is 122 Å². The molecule has 168 valence electrons. The lowest BCUT2D eigenvalue weighted by Gasteiger charge is -2.39. The zero-order chi connectivity index (χ0) is 23.6. The molecule has 0 atom stereocenters. The summed E-state index contributed by atoms with van der Waals surface area (Å²) in [7, 11) is 0. The van der Waals surface area contributed by atoms with Crippen LogP contribution in [0, 0.1) is 21.7 Å². The number of hydrogen-bond donors (Lipinski definition) is 2. The fourth-order valence-corrected chi connectivity index (χ4v) is 1.67. The molecule has 0 unspecified atom stereocenters. The van der Waals surface area contributed by atoms with E-state index in [0.717, 1.165) is 0 Å². The first kappa shape index (κ1) is 29.1. The zero-order valence-electron chi connectivity index (χ0n) is 21.8. The van der Waals surface area contributed by atoms with Gasteiger partial charge >= 0.3 is 0 Å². The maximum absolute atomic E-state index is 12.0. The quantitative estimate of drug-likeness (QED) is 0.604. The van der Waals surface area contributed by atoms with E-state index in [9.17, 15) is 9.59 Å². The van der Waals surface area contributed by atoms with E-state index in [2.05, 4.69) is 52.2 Å². The van der Waals surface area contributed by atoms with Crippen LogP contribution < -0.4 is 10.6 Å². The van der Waals surface area contributed by atoms with Crippen molar-refractivity contribution in [3.8, 4) is 0 Å². The van der Waals surface area contributed by atoms with Gasteiger partial charge in [-0.2, -0.15) is 0 Å². The van der Waals surface area contributed by atoms with Gasteiger partial charge in [0.1, 0.15) is 0 Å². The minimum Gasteiger partial charge on any atom is -0.351 e. The zero-order valence-corrected chi connectivity index (χ0v) is 21.8. The van der Waals surface area contributed by atoms with Crippen LogP contribution in [0.25, 0.3) is 0 Å². The molecule has 0 aliphatic heterocycles. The maximum Gasteiger partial charge on any atom is 0.226 e. The van der Waals surface area contributed by atoms with Crippen LogP contribution in [-0.4, -0.2) is 22.9 Å². The summed E-state index contributed by atoms with van der Waals surface area (Å²) in [5.74, 6) is 0.245. The van der Waals surface area contributed by atoms with E-state index in [1.165, 1.54) is 0 Å². The second kappa shape index (κ2) is 8.75. The third-order valence-electron chi connectivity index (χ3n) is 5.86. The highest BCUT2D eigenvalue weighted by Gasteiger charge is 2.41. The van der Waals surface area contributed by atoms with Crippen LogP contribution in [-0.2, 0) is 9.59 Å². The van der Waals surface area contributed by atoms with Crippen molar-refractivity contribution in [1.29, 1.82) is 0 Å². The maximum atomic E-state index is 12.0. The molecular weight excluding hydrogens is 348 g/mol. The Morgan fingerprint density at radius 1 is 0.429 bits per heavy atom. The van der Waals surface area contributed by atoms with Gasteiger partial charge in [0.2, 0.25) is 11.8 Å². The van der Waals surface area contributed by atoms with Crippen molar-refractivity contribution in [3.63, 3.8) is 0 Å². The second-order valence-electron chi connectivity index (χ2n) is 13.2. The first-order valence-corrected chi connectivity index (χ1v) is 10.4. The van der Waals surface area contributed by atoms with Gasteiger partial charge in [-0.15, -0.1) is 0 Å². The van der Waals surface area contributed by atoms with Crippen molar-refractivity contribution in [1.82, 2.24) is 10.6 Å². The summed E-state index contributed by atoms with van der Waals surface area (Å²) in [5.41, 5.74) is -1.05. The van der Waals surface area contributed by atoms with Crippen molar-refractivity contribution in [2.24, 2.45) is 21.7 Å². The number of nitrogens with one attached hydrogen (secondary N) is 2. The predicted octanol–water partition coefficient (Wildman–Crippen LogP) is 5.95. The molecule has 0 rings (SSSR count). The smallest absolute Gasteiger partial charge is 0.226 e. The minimum absolute atomic E-state index is 0.0255. The lowest BCUT2D eigenvalue weighted by Crippen LogP contribution is -2.51. The molecule has 0 aromatic heterocycles. The lowest BCUT2D eigenvalue weighted by molar-refractivity contribution is -0.137. The Bertz CT molecular complexity index is 481. The van der Waals surface area contributed by atoms with Gasteiger partial charge in [-0.1, -0.05) is 69.2 Å². The molecule has 0 aromatic rings. The Hall–Kier alpha value is -1.06. The topological polar surface area (TPSA) is 58.2 Å². The largest absolute Gasteiger partial charge is 0.351 e. The molecule has 0 saturated carbocycles. The summed E-state index contributed by atoms with van der Waals surface area (Å²) >= 11 is 0. The number of hydrogen-bond acceptors (Lipinski definition) is 2. The highest BCUT2D eigenvalue weighted by molar-refractivity contribution is 5.83. The molecule has 0 radical (unpaired) electrons. The van der Waals surface area contributed by atoms with Gasteiger partial charge in [0.15, 0.2) is 0 Å². The first-order chi connectivity index (χ1) is 11.8. The van der Waals surface area contributed by atoms with Gasteiger partial charge in [0, 0.05) is 21.9 Å². The average molecular weight is 399 g/mol. The lowest BCUT2D eigenvalue weighted by atomic mass is 9.68. The summed E-state index contributed by atoms with van der Waals surface area (Å²) in [4.78, 5) is 24.0. The number of carbonyl (C=O) groups excluding carboxylic acids is 2. The van der Waals surface area contributed by atoms with Gasteiger partial charge in [-0.05, 0) is 52.4 Å². The highest BCUT2D eigenvalue weighted by atomic mass is 16.2. The number of rotatable bonds is 2.